The van der Waals surface area contributed by atoms with Crippen LogP contribution in [-0.2, 0) is 16.4 Å². The summed E-state index contributed by atoms with van der Waals surface area (Å²) < 4.78 is 32.5. The molecule has 0 aliphatic heterocycles. The van der Waals surface area contributed by atoms with Crippen molar-refractivity contribution in [2.75, 3.05) is 13.6 Å². The molecule has 0 unspecified atom stereocenters. The summed E-state index contributed by atoms with van der Waals surface area (Å²) in [4.78, 5) is 4.65. The third kappa shape index (κ3) is 4.06. The lowest BCUT2D eigenvalue weighted by molar-refractivity contribution is 0.415. The highest BCUT2D eigenvalue weighted by Crippen LogP contribution is 2.22. The van der Waals surface area contributed by atoms with Crippen LogP contribution in [0.25, 0.3) is 22.2 Å². The van der Waals surface area contributed by atoms with Gasteiger partial charge in [0.05, 0.1) is 4.90 Å². The van der Waals surface area contributed by atoms with Gasteiger partial charge in [0.1, 0.15) is 0 Å². The van der Waals surface area contributed by atoms with E-state index in [-0.39, 0.29) is 11.4 Å². The molecule has 0 radical (unpaired) electrons. The molecular formula is C22H21N3O3S. The highest BCUT2D eigenvalue weighted by atomic mass is 32.2. The highest BCUT2D eigenvalue weighted by molar-refractivity contribution is 7.89. The standard InChI is InChI=1S/C22H21N3O3S/c1-16-7-9-18(10-8-16)22-23-21(24-28-22)13-14-25(2)29(26,27)20-12-11-17-5-3-4-6-19(17)15-20/h3-12,15H,13-14H2,1-2H3. The Kier molecular flexibility index (Phi) is 5.17. The molecule has 0 aliphatic carbocycles. The first-order valence-electron chi connectivity index (χ1n) is 9.28. The average molecular weight is 407 g/mol. The fraction of sp³-hybridized carbons (Fsp3) is 0.182. The van der Waals surface area contributed by atoms with Gasteiger partial charge < -0.3 is 4.52 Å². The second-order valence-electron chi connectivity index (χ2n) is 6.97. The Morgan fingerprint density at radius 2 is 1.69 bits per heavy atom. The number of benzene rings is 3. The molecule has 0 aliphatic rings. The molecule has 4 rings (SSSR count). The summed E-state index contributed by atoms with van der Waals surface area (Å²) in [6.45, 7) is 2.26. The van der Waals surface area contributed by atoms with Crippen LogP contribution >= 0.6 is 0 Å². The second kappa shape index (κ2) is 7.77. The lowest BCUT2D eigenvalue weighted by Gasteiger charge is -2.16. The van der Waals surface area contributed by atoms with Crippen molar-refractivity contribution in [3.05, 3.63) is 78.1 Å². The third-order valence-electron chi connectivity index (χ3n) is 4.85. The van der Waals surface area contributed by atoms with Crippen molar-refractivity contribution in [1.82, 2.24) is 14.4 Å². The smallest absolute Gasteiger partial charge is 0.257 e. The van der Waals surface area contributed by atoms with Crippen molar-refractivity contribution in [3.8, 4) is 11.5 Å². The molecule has 0 fully saturated rings. The molecule has 1 heterocycles. The lowest BCUT2D eigenvalue weighted by Crippen LogP contribution is -2.29. The van der Waals surface area contributed by atoms with Crippen LogP contribution in [0.3, 0.4) is 0 Å². The zero-order valence-corrected chi connectivity index (χ0v) is 17.1. The number of hydrogen-bond acceptors (Lipinski definition) is 5. The van der Waals surface area contributed by atoms with E-state index < -0.39 is 10.0 Å². The van der Waals surface area contributed by atoms with Crippen LogP contribution in [0.1, 0.15) is 11.4 Å². The minimum atomic E-state index is -3.60. The molecule has 0 amide bonds. The Morgan fingerprint density at radius 3 is 2.45 bits per heavy atom. The molecule has 0 bridgehead atoms. The zero-order chi connectivity index (χ0) is 20.4. The van der Waals surface area contributed by atoms with Gasteiger partial charge in [-0.05, 0) is 42.0 Å². The highest BCUT2D eigenvalue weighted by Gasteiger charge is 2.21. The van der Waals surface area contributed by atoms with Crippen LogP contribution in [-0.4, -0.2) is 36.5 Å². The predicted octanol–water partition coefficient (Wildman–Crippen LogP) is 4.06. The zero-order valence-electron chi connectivity index (χ0n) is 16.2. The van der Waals surface area contributed by atoms with Crippen LogP contribution < -0.4 is 0 Å². The Hall–Kier alpha value is -3.03. The van der Waals surface area contributed by atoms with E-state index in [4.69, 9.17) is 4.52 Å². The number of nitrogens with zero attached hydrogens (tertiary/aromatic N) is 3. The summed E-state index contributed by atoms with van der Waals surface area (Å²) in [5, 5.41) is 5.87. The monoisotopic (exact) mass is 407 g/mol. The summed E-state index contributed by atoms with van der Waals surface area (Å²) >= 11 is 0. The van der Waals surface area contributed by atoms with Crippen LogP contribution in [0.5, 0.6) is 0 Å². The van der Waals surface area contributed by atoms with Gasteiger partial charge in [-0.25, -0.2) is 12.7 Å². The van der Waals surface area contributed by atoms with E-state index in [0.29, 0.717) is 18.1 Å². The van der Waals surface area contributed by atoms with Crippen molar-refractivity contribution in [1.29, 1.82) is 0 Å². The minimum Gasteiger partial charge on any atom is -0.334 e. The second-order valence-corrected chi connectivity index (χ2v) is 9.01. The summed E-state index contributed by atoms with van der Waals surface area (Å²) in [5.41, 5.74) is 1.99. The summed E-state index contributed by atoms with van der Waals surface area (Å²) in [6, 6.07) is 20.6. The molecule has 0 saturated heterocycles. The van der Waals surface area contributed by atoms with Crippen molar-refractivity contribution < 1.29 is 12.9 Å². The Labute approximate surface area is 169 Å². The third-order valence-corrected chi connectivity index (χ3v) is 6.70. The van der Waals surface area contributed by atoms with Gasteiger partial charge in [-0.3, -0.25) is 0 Å². The molecule has 4 aromatic rings. The van der Waals surface area contributed by atoms with E-state index in [2.05, 4.69) is 10.1 Å². The molecule has 7 heteroatoms. The predicted molar refractivity (Wildman–Crippen MR) is 112 cm³/mol. The topological polar surface area (TPSA) is 76.3 Å². The van der Waals surface area contributed by atoms with E-state index in [1.165, 1.54) is 4.31 Å². The fourth-order valence-electron chi connectivity index (χ4n) is 3.05. The molecule has 0 atom stereocenters. The van der Waals surface area contributed by atoms with Crippen molar-refractivity contribution in [2.24, 2.45) is 0 Å². The van der Waals surface area contributed by atoms with Gasteiger partial charge in [0, 0.05) is 25.6 Å². The Morgan fingerprint density at radius 1 is 0.966 bits per heavy atom. The number of aryl methyl sites for hydroxylation is 1. The first kappa shape index (κ1) is 19.3. The van der Waals surface area contributed by atoms with Gasteiger partial charge in [0.25, 0.3) is 5.89 Å². The van der Waals surface area contributed by atoms with Crippen molar-refractivity contribution >= 4 is 20.8 Å². The van der Waals surface area contributed by atoms with E-state index in [1.54, 1.807) is 19.2 Å². The van der Waals surface area contributed by atoms with Crippen LogP contribution in [0.4, 0.5) is 0 Å². The van der Waals surface area contributed by atoms with E-state index in [1.807, 2.05) is 61.5 Å². The number of rotatable bonds is 6. The normalized spacial score (nSPS) is 12.0. The summed E-state index contributed by atoms with van der Waals surface area (Å²) in [5.74, 6) is 0.904. The van der Waals surface area contributed by atoms with Gasteiger partial charge in [-0.2, -0.15) is 4.98 Å². The number of sulfonamides is 1. The molecule has 0 spiro atoms. The van der Waals surface area contributed by atoms with Gasteiger partial charge >= 0.3 is 0 Å². The largest absolute Gasteiger partial charge is 0.334 e. The minimum absolute atomic E-state index is 0.252. The summed E-state index contributed by atoms with van der Waals surface area (Å²) in [7, 11) is -2.04. The maximum absolute atomic E-state index is 12.9. The molecule has 0 N–H and O–H groups in total. The van der Waals surface area contributed by atoms with Crippen LogP contribution in [0, 0.1) is 6.92 Å². The van der Waals surface area contributed by atoms with Crippen LogP contribution in [0.2, 0.25) is 0 Å². The Balaban J connectivity index is 1.47. The number of hydrogen-bond donors (Lipinski definition) is 0. The average Bonchev–Trinajstić information content (AvgIpc) is 3.21. The fourth-order valence-corrected chi connectivity index (χ4v) is 4.26. The molecule has 1 aromatic heterocycles. The molecule has 0 saturated carbocycles. The SMILES string of the molecule is Cc1ccc(-c2nc(CCN(C)S(=O)(=O)c3ccc4ccccc4c3)no2)cc1. The van der Waals surface area contributed by atoms with E-state index in [9.17, 15) is 8.42 Å². The molecule has 6 nitrogen and oxygen atoms in total. The maximum Gasteiger partial charge on any atom is 0.257 e. The van der Waals surface area contributed by atoms with Gasteiger partial charge in [0.2, 0.25) is 10.0 Å². The number of aromatic nitrogens is 2. The molecule has 29 heavy (non-hydrogen) atoms. The van der Waals surface area contributed by atoms with Crippen molar-refractivity contribution in [2.45, 2.75) is 18.2 Å². The molecular weight excluding hydrogens is 386 g/mol. The lowest BCUT2D eigenvalue weighted by atomic mass is 10.1. The van der Waals surface area contributed by atoms with Gasteiger partial charge in [-0.1, -0.05) is 53.2 Å². The van der Waals surface area contributed by atoms with Crippen molar-refractivity contribution in [3.63, 3.8) is 0 Å². The number of likely N-dealkylation sites (N-methyl/N-ethyl adjacent to an activating group) is 1. The van der Waals surface area contributed by atoms with Gasteiger partial charge in [0.15, 0.2) is 5.82 Å². The van der Waals surface area contributed by atoms with E-state index >= 15 is 0 Å². The maximum atomic E-state index is 12.9. The number of fused-ring (bicyclic) bond motifs is 1. The van der Waals surface area contributed by atoms with E-state index in [0.717, 1.165) is 21.9 Å². The first-order valence-corrected chi connectivity index (χ1v) is 10.7. The Bertz CT molecular complexity index is 1250. The van der Waals surface area contributed by atoms with Crippen LogP contribution in [0.15, 0.2) is 76.1 Å². The quantitative estimate of drug-likeness (QED) is 0.482. The first-order chi connectivity index (χ1) is 13.9. The van der Waals surface area contributed by atoms with Gasteiger partial charge in [-0.15, -0.1) is 0 Å². The molecule has 148 valence electrons. The summed E-state index contributed by atoms with van der Waals surface area (Å²) in [6.07, 6.45) is 0.360. The molecule has 3 aromatic carbocycles.